The third kappa shape index (κ3) is 4.62. The van der Waals surface area contributed by atoms with Gasteiger partial charge in [-0.25, -0.2) is 0 Å². The zero-order valence-electron chi connectivity index (χ0n) is 19.6. The number of hydrogen-bond acceptors (Lipinski definition) is 0. The molecule has 0 bridgehead atoms. The highest BCUT2D eigenvalue weighted by molar-refractivity contribution is 6.67. The first-order chi connectivity index (χ1) is 13.1. The third-order valence-electron chi connectivity index (χ3n) is 6.64. The molecule has 5 heteroatoms. The van der Waals surface area contributed by atoms with Gasteiger partial charge in [0, 0.05) is 5.92 Å². The molecule has 1 aliphatic carbocycles. The summed E-state index contributed by atoms with van der Waals surface area (Å²) >= 11 is 0. The predicted molar refractivity (Wildman–Crippen MR) is 144 cm³/mol. The average Bonchev–Trinajstić information content (AvgIpc) is 2.65. The highest BCUT2D eigenvalue weighted by Crippen LogP contribution is 2.30. The summed E-state index contributed by atoms with van der Waals surface area (Å²) < 4.78 is 0. The molecule has 1 atom stereocenters. The standard InChI is InChI=1S/C23H33B5/c1-12(2)6-8-16-10-11-17(15(5)14(16)4)9-7-13(3)18-19(24)21(26)23(28)22(27)20(18)25/h6-12,15H,24-28H2,1-5H3/b8-6-,13-7+,17-9-. The first kappa shape index (κ1) is 22.5. The van der Waals surface area contributed by atoms with E-state index in [1.165, 1.54) is 55.2 Å². The van der Waals surface area contributed by atoms with Crippen LogP contribution in [0.15, 0.2) is 53.2 Å². The van der Waals surface area contributed by atoms with Crippen LogP contribution in [0.3, 0.4) is 0 Å². The Morgan fingerprint density at radius 1 is 0.929 bits per heavy atom. The van der Waals surface area contributed by atoms with E-state index in [0.29, 0.717) is 11.8 Å². The summed E-state index contributed by atoms with van der Waals surface area (Å²) in [6.45, 7) is 11.3. The van der Waals surface area contributed by atoms with Gasteiger partial charge in [0.05, 0.1) is 0 Å². The van der Waals surface area contributed by atoms with Gasteiger partial charge >= 0.3 is 0 Å². The summed E-state index contributed by atoms with van der Waals surface area (Å²) in [5.41, 5.74) is 14.1. The topological polar surface area (TPSA) is 0 Å². The molecule has 1 aliphatic rings. The largest absolute Gasteiger partial charge is 0.139 e. The Kier molecular flexibility index (Phi) is 7.37. The summed E-state index contributed by atoms with van der Waals surface area (Å²) in [5, 5.41) is 0. The maximum absolute atomic E-state index is 2.31. The van der Waals surface area contributed by atoms with E-state index in [1.807, 2.05) is 0 Å². The van der Waals surface area contributed by atoms with Crippen LogP contribution >= 0.6 is 0 Å². The van der Waals surface area contributed by atoms with Crippen molar-refractivity contribution < 1.29 is 0 Å². The van der Waals surface area contributed by atoms with E-state index in [2.05, 4.69) is 110 Å². The number of hydrogen-bond donors (Lipinski definition) is 0. The number of rotatable bonds is 4. The third-order valence-corrected chi connectivity index (χ3v) is 6.64. The maximum Gasteiger partial charge on any atom is 0.139 e. The van der Waals surface area contributed by atoms with E-state index in [-0.39, 0.29) is 0 Å². The minimum Gasteiger partial charge on any atom is -0.102 e. The van der Waals surface area contributed by atoms with Crippen molar-refractivity contribution >= 4 is 72.1 Å². The second-order valence-electron chi connectivity index (χ2n) is 8.81. The van der Waals surface area contributed by atoms with Gasteiger partial charge in [-0.05, 0) is 42.0 Å². The first-order valence-corrected chi connectivity index (χ1v) is 10.6. The van der Waals surface area contributed by atoms with Crippen molar-refractivity contribution in [2.45, 2.75) is 34.6 Å². The van der Waals surface area contributed by atoms with Gasteiger partial charge in [0.25, 0.3) is 0 Å². The van der Waals surface area contributed by atoms with E-state index in [0.717, 1.165) is 0 Å². The molecule has 1 aromatic rings. The van der Waals surface area contributed by atoms with Crippen LogP contribution in [-0.4, -0.2) is 39.2 Å². The molecular formula is C23H33B5. The van der Waals surface area contributed by atoms with E-state index >= 15 is 0 Å². The Morgan fingerprint density at radius 2 is 1.46 bits per heavy atom. The molecule has 0 saturated carbocycles. The Hall–Kier alpha value is -1.76. The fourth-order valence-electron chi connectivity index (χ4n) is 4.04. The summed E-state index contributed by atoms with van der Waals surface area (Å²) in [7, 11) is 11.3. The Bertz CT molecular complexity index is 898. The Morgan fingerprint density at radius 3 is 2.00 bits per heavy atom. The van der Waals surface area contributed by atoms with Crippen LogP contribution in [0.25, 0.3) is 5.57 Å². The van der Waals surface area contributed by atoms with Gasteiger partial charge in [-0.3, -0.25) is 0 Å². The van der Waals surface area contributed by atoms with Gasteiger partial charge in [0.2, 0.25) is 0 Å². The second-order valence-corrected chi connectivity index (χ2v) is 8.81. The number of benzene rings is 1. The van der Waals surface area contributed by atoms with Crippen molar-refractivity contribution in [1.82, 2.24) is 0 Å². The second kappa shape index (κ2) is 9.16. The highest BCUT2D eigenvalue weighted by atomic mass is 14.2. The van der Waals surface area contributed by atoms with Gasteiger partial charge in [-0.2, -0.15) is 0 Å². The summed E-state index contributed by atoms with van der Waals surface area (Å²) in [6, 6.07) is 0. The van der Waals surface area contributed by atoms with Crippen LogP contribution in [0.4, 0.5) is 0 Å². The van der Waals surface area contributed by atoms with E-state index in [9.17, 15) is 0 Å². The van der Waals surface area contributed by atoms with Crippen molar-refractivity contribution in [3.05, 3.63) is 58.7 Å². The maximum atomic E-state index is 2.31. The van der Waals surface area contributed by atoms with Gasteiger partial charge in [-0.1, -0.05) is 73.7 Å². The average molecular weight is 364 g/mol. The Balaban J connectivity index is 2.39. The predicted octanol–water partition coefficient (Wildman–Crippen LogP) is -1.96. The van der Waals surface area contributed by atoms with Crippen LogP contribution in [0.1, 0.15) is 40.2 Å². The minimum atomic E-state index is 0.449. The quantitative estimate of drug-likeness (QED) is 0.545. The molecule has 0 heterocycles. The van der Waals surface area contributed by atoms with Crippen LogP contribution in [0, 0.1) is 11.8 Å². The lowest BCUT2D eigenvalue weighted by atomic mass is 9.59. The SMILES string of the molecule is Bc1c(B)c(B)c(/C(C)=C/C=C2/C=CC(/C=C\C(C)C)=C(C)C2C)c(B)c1B. The van der Waals surface area contributed by atoms with Crippen molar-refractivity contribution in [2.24, 2.45) is 11.8 Å². The minimum absolute atomic E-state index is 0.449. The summed E-state index contributed by atoms with van der Waals surface area (Å²) in [5.74, 6) is 1.03. The summed E-state index contributed by atoms with van der Waals surface area (Å²) in [4.78, 5) is 0. The molecule has 0 saturated heterocycles. The molecule has 1 unspecified atom stereocenters. The fraction of sp³-hybridized carbons (Fsp3) is 0.304. The molecule has 28 heavy (non-hydrogen) atoms. The van der Waals surface area contributed by atoms with E-state index in [4.69, 9.17) is 0 Å². The van der Waals surface area contributed by atoms with Crippen molar-refractivity contribution in [2.75, 3.05) is 0 Å². The van der Waals surface area contributed by atoms with Crippen LogP contribution < -0.4 is 27.3 Å². The zero-order chi connectivity index (χ0) is 21.2. The molecule has 0 radical (unpaired) electrons. The van der Waals surface area contributed by atoms with E-state index < -0.39 is 0 Å². The molecule has 1 aromatic carbocycles. The molecule has 0 fully saturated rings. The van der Waals surface area contributed by atoms with Crippen LogP contribution in [0.5, 0.6) is 0 Å². The lowest BCUT2D eigenvalue weighted by Gasteiger charge is -2.22. The van der Waals surface area contributed by atoms with Crippen molar-refractivity contribution in [3.63, 3.8) is 0 Å². The smallest absolute Gasteiger partial charge is 0.102 e. The molecule has 0 spiro atoms. The lowest BCUT2D eigenvalue weighted by molar-refractivity contribution is 0.802. The van der Waals surface area contributed by atoms with Crippen LogP contribution in [0.2, 0.25) is 0 Å². The zero-order valence-corrected chi connectivity index (χ0v) is 19.6. The van der Waals surface area contributed by atoms with E-state index in [1.54, 1.807) is 0 Å². The summed E-state index contributed by atoms with van der Waals surface area (Å²) in [6.07, 6.45) is 13.7. The lowest BCUT2D eigenvalue weighted by Crippen LogP contribution is -2.56. The Labute approximate surface area is 177 Å². The fourth-order valence-corrected chi connectivity index (χ4v) is 4.04. The van der Waals surface area contributed by atoms with Crippen molar-refractivity contribution in [3.8, 4) is 0 Å². The first-order valence-electron chi connectivity index (χ1n) is 10.6. The van der Waals surface area contributed by atoms with Gasteiger partial charge < -0.3 is 0 Å². The number of allylic oxidation sites excluding steroid dienone is 10. The van der Waals surface area contributed by atoms with Gasteiger partial charge in [0.1, 0.15) is 39.2 Å². The van der Waals surface area contributed by atoms with Crippen molar-refractivity contribution in [1.29, 1.82) is 0 Å². The normalized spacial score (nSPS) is 19.4. The molecule has 0 aliphatic heterocycles. The highest BCUT2D eigenvalue weighted by Gasteiger charge is 2.15. The molecule has 0 nitrogen and oxygen atoms in total. The molecule has 0 N–H and O–H groups in total. The van der Waals surface area contributed by atoms with Gasteiger partial charge in [-0.15, -0.1) is 16.4 Å². The van der Waals surface area contributed by atoms with Crippen LogP contribution in [-0.2, 0) is 0 Å². The monoisotopic (exact) mass is 364 g/mol. The molecule has 140 valence electrons. The molecule has 0 amide bonds. The van der Waals surface area contributed by atoms with Gasteiger partial charge in [0.15, 0.2) is 0 Å². The molecule has 0 aromatic heterocycles. The molecule has 2 rings (SSSR count). The molecular weight excluding hydrogens is 330 g/mol.